The molecule has 0 rings (SSSR count). The third-order valence-corrected chi connectivity index (χ3v) is 0.423. The van der Waals surface area contributed by atoms with E-state index in [2.05, 4.69) is 4.74 Å². The molecule has 0 bridgehead atoms. The topological polar surface area (TPSA) is 52.3 Å². The molecule has 0 aliphatic rings. The van der Waals surface area contributed by atoms with Gasteiger partial charge in [0.1, 0.15) is 6.61 Å². The molecule has 1 radical (unpaired) electrons. The molecule has 0 heterocycles. The third kappa shape index (κ3) is 9.34. The second-order valence-electron chi connectivity index (χ2n) is 1.13. The van der Waals surface area contributed by atoms with E-state index in [0.29, 0.717) is 13.2 Å². The number of esters is 1. The summed E-state index contributed by atoms with van der Waals surface area (Å²) in [4.78, 5) is 9.92. The van der Waals surface area contributed by atoms with Crippen molar-refractivity contribution in [3.05, 3.63) is 0 Å². The van der Waals surface area contributed by atoms with Crippen LogP contribution in [0.2, 0.25) is 0 Å². The molecule has 0 aromatic carbocycles. The van der Waals surface area contributed by atoms with Gasteiger partial charge in [0, 0.05) is 30.5 Å². The molecule has 2 N–H and O–H groups in total. The van der Waals surface area contributed by atoms with Gasteiger partial charge in [-0.05, 0) is 0 Å². The zero-order valence-corrected chi connectivity index (χ0v) is 5.55. The van der Waals surface area contributed by atoms with Crippen LogP contribution in [0.5, 0.6) is 0 Å². The van der Waals surface area contributed by atoms with Gasteiger partial charge in [-0.25, -0.2) is 0 Å². The maximum Gasteiger partial charge on any atom is 0.302 e. The molecule has 8 heavy (non-hydrogen) atoms. The van der Waals surface area contributed by atoms with Gasteiger partial charge in [-0.1, -0.05) is 0 Å². The fourth-order valence-corrected chi connectivity index (χ4v) is 0.203. The Kier molecular flexibility index (Phi) is 9.42. The van der Waals surface area contributed by atoms with E-state index in [1.54, 1.807) is 0 Å². The van der Waals surface area contributed by atoms with E-state index >= 15 is 0 Å². The molecule has 0 unspecified atom stereocenters. The molecule has 53 valence electrons. The number of nitrogens with two attached hydrogens (primary N) is 1. The first-order valence-electron chi connectivity index (χ1n) is 2.11. The van der Waals surface area contributed by atoms with E-state index in [-0.39, 0.29) is 23.0 Å². The van der Waals surface area contributed by atoms with Gasteiger partial charge >= 0.3 is 5.97 Å². The Bertz CT molecular complexity index is 67.1. The van der Waals surface area contributed by atoms with Crippen molar-refractivity contribution in [2.75, 3.05) is 13.2 Å². The van der Waals surface area contributed by atoms with Gasteiger partial charge < -0.3 is 10.5 Å². The van der Waals surface area contributed by atoms with Crippen molar-refractivity contribution in [1.29, 1.82) is 0 Å². The molecular formula is C4H9CuNO2. The van der Waals surface area contributed by atoms with Gasteiger partial charge in [0.15, 0.2) is 0 Å². The molecule has 0 aromatic rings. The van der Waals surface area contributed by atoms with Crippen LogP contribution in [-0.4, -0.2) is 19.1 Å². The van der Waals surface area contributed by atoms with Crippen molar-refractivity contribution in [3.8, 4) is 0 Å². The summed E-state index contributed by atoms with van der Waals surface area (Å²) in [7, 11) is 0. The normalized spacial score (nSPS) is 7.25. The Morgan fingerprint density at radius 2 is 2.25 bits per heavy atom. The minimum absolute atomic E-state index is 0. The molecule has 0 saturated carbocycles. The van der Waals surface area contributed by atoms with Crippen LogP contribution in [0.4, 0.5) is 0 Å². The summed E-state index contributed by atoms with van der Waals surface area (Å²) in [6.07, 6.45) is 0. The number of rotatable bonds is 2. The Labute approximate surface area is 59.0 Å². The Balaban J connectivity index is 0. The van der Waals surface area contributed by atoms with E-state index in [1.807, 2.05) is 0 Å². The van der Waals surface area contributed by atoms with E-state index in [4.69, 9.17) is 5.73 Å². The molecule has 0 fully saturated rings. The fourth-order valence-electron chi connectivity index (χ4n) is 0.203. The third-order valence-electron chi connectivity index (χ3n) is 0.423. The molecule has 0 spiro atoms. The zero-order chi connectivity index (χ0) is 5.70. The van der Waals surface area contributed by atoms with Crippen molar-refractivity contribution >= 4 is 5.97 Å². The van der Waals surface area contributed by atoms with Crippen molar-refractivity contribution in [2.45, 2.75) is 6.92 Å². The molecule has 0 aliphatic heterocycles. The fraction of sp³-hybridized carbons (Fsp3) is 0.750. The number of carbonyl (C=O) groups is 1. The van der Waals surface area contributed by atoms with Crippen LogP contribution in [0.3, 0.4) is 0 Å². The maximum atomic E-state index is 9.92. The standard InChI is InChI=1S/C4H9NO2.Cu/c1-4(6)7-3-2-5;/h2-3,5H2,1H3;. The van der Waals surface area contributed by atoms with Crippen LogP contribution in [0, 0.1) is 0 Å². The Morgan fingerprint density at radius 3 is 2.38 bits per heavy atom. The summed E-state index contributed by atoms with van der Waals surface area (Å²) in [5, 5.41) is 0. The number of hydrogen-bond donors (Lipinski definition) is 1. The second-order valence-corrected chi connectivity index (χ2v) is 1.13. The van der Waals surface area contributed by atoms with E-state index in [1.165, 1.54) is 6.92 Å². The van der Waals surface area contributed by atoms with Crippen LogP contribution < -0.4 is 5.73 Å². The van der Waals surface area contributed by atoms with Gasteiger partial charge in [-0.2, -0.15) is 0 Å². The number of carbonyl (C=O) groups excluding carboxylic acids is 1. The largest absolute Gasteiger partial charge is 0.465 e. The quantitative estimate of drug-likeness (QED) is 0.445. The van der Waals surface area contributed by atoms with E-state index in [9.17, 15) is 4.79 Å². The Hall–Kier alpha value is -0.0505. The average molecular weight is 167 g/mol. The predicted molar refractivity (Wildman–Crippen MR) is 25.7 cm³/mol. The molecule has 0 saturated heterocycles. The minimum atomic E-state index is -0.273. The molecule has 0 aliphatic carbocycles. The molecule has 4 heteroatoms. The zero-order valence-electron chi connectivity index (χ0n) is 4.61. The van der Waals surface area contributed by atoms with Crippen molar-refractivity contribution in [3.63, 3.8) is 0 Å². The number of ether oxygens (including phenoxy) is 1. The summed E-state index contributed by atoms with van der Waals surface area (Å²) in [6.45, 7) is 2.09. The van der Waals surface area contributed by atoms with Crippen molar-refractivity contribution in [2.24, 2.45) is 5.73 Å². The number of hydrogen-bond acceptors (Lipinski definition) is 3. The van der Waals surface area contributed by atoms with Crippen molar-refractivity contribution < 1.29 is 26.6 Å². The van der Waals surface area contributed by atoms with Crippen LogP contribution in [0.25, 0.3) is 0 Å². The monoisotopic (exact) mass is 166 g/mol. The molecular weight excluding hydrogens is 158 g/mol. The molecule has 3 nitrogen and oxygen atoms in total. The molecule has 0 aromatic heterocycles. The van der Waals surface area contributed by atoms with Crippen molar-refractivity contribution in [1.82, 2.24) is 0 Å². The van der Waals surface area contributed by atoms with Crippen LogP contribution in [-0.2, 0) is 26.6 Å². The first-order valence-corrected chi connectivity index (χ1v) is 2.11. The summed E-state index contributed by atoms with van der Waals surface area (Å²) in [5.41, 5.74) is 5.00. The van der Waals surface area contributed by atoms with Crippen LogP contribution >= 0.6 is 0 Å². The van der Waals surface area contributed by atoms with Crippen LogP contribution in [0.15, 0.2) is 0 Å². The van der Waals surface area contributed by atoms with Gasteiger partial charge in [-0.15, -0.1) is 0 Å². The minimum Gasteiger partial charge on any atom is -0.465 e. The smallest absolute Gasteiger partial charge is 0.302 e. The summed E-state index contributed by atoms with van der Waals surface area (Å²) in [5.74, 6) is -0.273. The predicted octanol–water partition coefficient (Wildman–Crippen LogP) is -0.494. The van der Waals surface area contributed by atoms with Crippen LogP contribution in [0.1, 0.15) is 6.92 Å². The first kappa shape index (κ1) is 10.8. The van der Waals surface area contributed by atoms with Gasteiger partial charge in [0.25, 0.3) is 0 Å². The first-order chi connectivity index (χ1) is 3.27. The second kappa shape index (κ2) is 6.95. The molecule has 0 atom stereocenters. The summed E-state index contributed by atoms with van der Waals surface area (Å²) in [6, 6.07) is 0. The Morgan fingerprint density at radius 1 is 1.75 bits per heavy atom. The molecule has 0 amide bonds. The van der Waals surface area contributed by atoms with E-state index in [0.717, 1.165) is 0 Å². The van der Waals surface area contributed by atoms with E-state index < -0.39 is 0 Å². The summed E-state index contributed by atoms with van der Waals surface area (Å²) >= 11 is 0. The van der Waals surface area contributed by atoms with Gasteiger partial charge in [0.05, 0.1) is 0 Å². The van der Waals surface area contributed by atoms with Gasteiger partial charge in [-0.3, -0.25) is 4.79 Å². The average Bonchev–Trinajstić information content (AvgIpc) is 1.61. The SMILES string of the molecule is CC(=O)OCCN.[Cu]. The maximum absolute atomic E-state index is 9.92. The summed E-state index contributed by atoms with van der Waals surface area (Å²) < 4.78 is 4.43. The van der Waals surface area contributed by atoms with Gasteiger partial charge in [0.2, 0.25) is 0 Å².